The van der Waals surface area contributed by atoms with Crippen molar-refractivity contribution in [3.8, 4) is 22.9 Å². The molecule has 184 valence electrons. The lowest BCUT2D eigenvalue weighted by molar-refractivity contribution is 0.204. The van der Waals surface area contributed by atoms with E-state index in [-0.39, 0.29) is 11.8 Å². The molecule has 0 saturated heterocycles. The van der Waals surface area contributed by atoms with Crippen LogP contribution >= 0.6 is 11.8 Å². The van der Waals surface area contributed by atoms with Crippen LogP contribution in [0.5, 0.6) is 11.5 Å². The van der Waals surface area contributed by atoms with Crippen LogP contribution < -0.4 is 10.1 Å². The van der Waals surface area contributed by atoms with E-state index < -0.39 is 6.04 Å². The molecule has 0 aliphatic carbocycles. The first-order valence-corrected chi connectivity index (χ1v) is 12.8. The number of nitrogens with zero attached hydrogens (tertiary/aromatic N) is 3. The number of methoxy groups -OCH3 is 1. The minimum absolute atomic E-state index is 0.0123. The van der Waals surface area contributed by atoms with E-state index in [0.29, 0.717) is 35.1 Å². The molecule has 0 fully saturated rings. The Morgan fingerprint density at radius 2 is 1.97 bits per heavy atom. The number of carbonyl (C=O) groups excluding carboxylic acids is 1. The quantitative estimate of drug-likeness (QED) is 0.284. The zero-order chi connectivity index (χ0) is 24.9. The normalized spacial score (nSPS) is 15.9. The van der Waals surface area contributed by atoms with Gasteiger partial charge in [0.25, 0.3) is 5.89 Å². The Morgan fingerprint density at radius 3 is 2.63 bits per heavy atom. The molecule has 0 bridgehead atoms. The van der Waals surface area contributed by atoms with Crippen LogP contribution in [0.25, 0.3) is 17.0 Å². The lowest BCUT2D eigenvalue weighted by Crippen LogP contribution is -2.46. The highest BCUT2D eigenvalue weighted by molar-refractivity contribution is 7.98. The smallest absolute Gasteiger partial charge is 0.322 e. The number of aromatic nitrogens is 2. The number of benzene rings is 2. The molecule has 1 atom stereocenters. The van der Waals surface area contributed by atoms with Crippen LogP contribution in [0.1, 0.15) is 50.6 Å². The Bertz CT molecular complexity index is 1220. The first-order chi connectivity index (χ1) is 17.0. The van der Waals surface area contributed by atoms with Crippen molar-refractivity contribution in [3.05, 3.63) is 59.6 Å². The number of urea groups is 1. The molecule has 1 aliphatic rings. The summed E-state index contributed by atoms with van der Waals surface area (Å²) in [5.41, 5.74) is 2.97. The Labute approximate surface area is 209 Å². The lowest BCUT2D eigenvalue weighted by Gasteiger charge is -2.35. The van der Waals surface area contributed by atoms with Gasteiger partial charge in [-0.3, -0.25) is 4.90 Å². The average molecular weight is 495 g/mol. The Morgan fingerprint density at radius 1 is 1.20 bits per heavy atom. The van der Waals surface area contributed by atoms with Crippen molar-refractivity contribution in [2.24, 2.45) is 0 Å². The maximum Gasteiger partial charge on any atom is 0.322 e. The van der Waals surface area contributed by atoms with Crippen molar-refractivity contribution < 1.29 is 19.2 Å². The molecule has 9 heteroatoms. The van der Waals surface area contributed by atoms with Crippen LogP contribution in [0.15, 0.2) is 57.6 Å². The first-order valence-electron chi connectivity index (χ1n) is 11.6. The van der Waals surface area contributed by atoms with Crippen molar-refractivity contribution in [2.45, 2.75) is 44.0 Å². The molecular weight excluding hydrogens is 464 g/mol. The van der Waals surface area contributed by atoms with Crippen LogP contribution in [0.4, 0.5) is 4.79 Å². The van der Waals surface area contributed by atoms with Gasteiger partial charge in [0, 0.05) is 22.7 Å². The number of allylic oxidation sites excluding steroid dienone is 1. The van der Waals surface area contributed by atoms with Gasteiger partial charge in [0.05, 0.1) is 18.7 Å². The molecule has 8 nitrogen and oxygen atoms in total. The van der Waals surface area contributed by atoms with E-state index in [1.54, 1.807) is 28.8 Å². The molecule has 4 rings (SSSR count). The number of carbonyl (C=O) groups is 1. The maximum atomic E-state index is 13.1. The summed E-state index contributed by atoms with van der Waals surface area (Å²) in [6.07, 6.45) is 5.00. The number of hydrogen-bond acceptors (Lipinski definition) is 7. The number of phenolic OH excluding ortho intramolecular Hbond substituents is 1. The summed E-state index contributed by atoms with van der Waals surface area (Å²) in [6, 6.07) is 12.2. The van der Waals surface area contributed by atoms with E-state index in [1.165, 1.54) is 7.11 Å². The van der Waals surface area contributed by atoms with Crippen molar-refractivity contribution in [2.75, 3.05) is 19.9 Å². The molecule has 0 spiro atoms. The Hall–Kier alpha value is -3.46. The van der Waals surface area contributed by atoms with Gasteiger partial charge in [-0.1, -0.05) is 31.0 Å². The van der Waals surface area contributed by atoms with Crippen LogP contribution in [0.2, 0.25) is 0 Å². The second-order valence-electron chi connectivity index (χ2n) is 8.32. The summed E-state index contributed by atoms with van der Waals surface area (Å²) in [4.78, 5) is 20.6. The molecule has 0 saturated carbocycles. The van der Waals surface area contributed by atoms with Crippen LogP contribution in [-0.2, 0) is 0 Å². The van der Waals surface area contributed by atoms with E-state index in [4.69, 9.17) is 14.2 Å². The number of nitrogens with one attached hydrogen (secondary N) is 1. The number of thioether (sulfide) groups is 1. The summed E-state index contributed by atoms with van der Waals surface area (Å²) in [6.45, 7) is 4.61. The van der Waals surface area contributed by atoms with Gasteiger partial charge in [0.2, 0.25) is 5.82 Å². The summed E-state index contributed by atoms with van der Waals surface area (Å²) >= 11 is 1.66. The molecule has 3 aromatic rings. The van der Waals surface area contributed by atoms with Gasteiger partial charge in [0.15, 0.2) is 11.5 Å². The van der Waals surface area contributed by atoms with Crippen molar-refractivity contribution in [3.63, 3.8) is 0 Å². The zero-order valence-corrected chi connectivity index (χ0v) is 21.2. The third kappa shape index (κ3) is 5.14. The van der Waals surface area contributed by atoms with E-state index in [0.717, 1.165) is 35.4 Å². The van der Waals surface area contributed by atoms with Crippen LogP contribution in [0.3, 0.4) is 0 Å². The molecule has 0 radical (unpaired) electrons. The molecular formula is C26H30N4O4S. The molecule has 2 amide bonds. The summed E-state index contributed by atoms with van der Waals surface area (Å²) in [5, 5.41) is 17.7. The fourth-order valence-corrected chi connectivity index (χ4v) is 4.58. The van der Waals surface area contributed by atoms with E-state index >= 15 is 0 Å². The minimum atomic E-state index is -0.575. The number of unbranched alkanes of at least 4 members (excludes halogenated alkanes) is 2. The summed E-state index contributed by atoms with van der Waals surface area (Å²) < 4.78 is 10.9. The van der Waals surface area contributed by atoms with Gasteiger partial charge < -0.3 is 19.7 Å². The molecule has 1 aromatic heterocycles. The second kappa shape index (κ2) is 10.9. The highest BCUT2D eigenvalue weighted by Gasteiger charge is 2.35. The largest absolute Gasteiger partial charge is 0.504 e. The van der Waals surface area contributed by atoms with Crippen molar-refractivity contribution in [1.82, 2.24) is 20.4 Å². The molecule has 1 unspecified atom stereocenters. The SMILES string of the molecule is CCCCCN1C(=O)NC(c2ccc(OC)c(O)c2)C(c2nc(-c3ccc(SC)cc3)no2)=C1C. The highest BCUT2D eigenvalue weighted by Crippen LogP contribution is 2.40. The van der Waals surface area contributed by atoms with E-state index in [2.05, 4.69) is 17.4 Å². The second-order valence-corrected chi connectivity index (χ2v) is 9.20. The third-order valence-electron chi connectivity index (χ3n) is 6.12. The number of ether oxygens (including phenoxy) is 1. The highest BCUT2D eigenvalue weighted by atomic mass is 32.2. The predicted octanol–water partition coefficient (Wildman–Crippen LogP) is 5.86. The van der Waals surface area contributed by atoms with Gasteiger partial charge in [-0.15, -0.1) is 11.8 Å². The standard InChI is InChI=1S/C26H30N4O4S/c1-5-6-7-14-30-16(2)22(23(27-26(30)32)18-10-13-21(33-3)20(31)15-18)25-28-24(29-34-25)17-8-11-19(35-4)12-9-17/h8-13,15,23,31H,5-7,14H2,1-4H3,(H,27,32). The Balaban J connectivity index is 1.76. The van der Waals surface area contributed by atoms with Crippen molar-refractivity contribution in [1.29, 1.82) is 0 Å². The van der Waals surface area contributed by atoms with E-state index in [9.17, 15) is 9.90 Å². The fourth-order valence-electron chi connectivity index (χ4n) is 4.17. The topological polar surface area (TPSA) is 101 Å². The van der Waals surface area contributed by atoms with Gasteiger partial charge >= 0.3 is 6.03 Å². The van der Waals surface area contributed by atoms with Gasteiger partial charge in [-0.05, 0) is 61.6 Å². The molecule has 2 aromatic carbocycles. The zero-order valence-electron chi connectivity index (χ0n) is 20.4. The fraction of sp³-hybridized carbons (Fsp3) is 0.346. The number of amides is 2. The minimum Gasteiger partial charge on any atom is -0.504 e. The van der Waals surface area contributed by atoms with Crippen molar-refractivity contribution >= 4 is 23.4 Å². The molecule has 2 N–H and O–H groups in total. The lowest BCUT2D eigenvalue weighted by atomic mass is 9.94. The third-order valence-corrected chi connectivity index (χ3v) is 6.87. The predicted molar refractivity (Wildman–Crippen MR) is 136 cm³/mol. The van der Waals surface area contributed by atoms with Gasteiger partial charge in [-0.25, -0.2) is 4.79 Å². The van der Waals surface area contributed by atoms with Gasteiger partial charge in [0.1, 0.15) is 0 Å². The number of aromatic hydroxyl groups is 1. The Kier molecular flexibility index (Phi) is 7.65. The van der Waals surface area contributed by atoms with Crippen LogP contribution in [0, 0.1) is 0 Å². The van der Waals surface area contributed by atoms with E-state index in [1.807, 2.05) is 43.5 Å². The number of hydrogen-bond donors (Lipinski definition) is 2. The molecule has 35 heavy (non-hydrogen) atoms. The summed E-state index contributed by atoms with van der Waals surface area (Å²) in [7, 11) is 1.49. The summed E-state index contributed by atoms with van der Waals surface area (Å²) in [5.74, 6) is 1.14. The van der Waals surface area contributed by atoms with Crippen LogP contribution in [-0.4, -0.2) is 46.1 Å². The first kappa shape index (κ1) is 24.7. The maximum absolute atomic E-state index is 13.1. The monoisotopic (exact) mass is 494 g/mol. The number of rotatable bonds is 9. The average Bonchev–Trinajstić information content (AvgIpc) is 3.35. The number of phenols is 1. The van der Waals surface area contributed by atoms with Gasteiger partial charge in [-0.2, -0.15) is 4.98 Å². The molecule has 1 aliphatic heterocycles. The molecule has 2 heterocycles.